The maximum atomic E-state index is 5.74. The van der Waals surface area contributed by atoms with Gasteiger partial charge in [-0.05, 0) is 10.0 Å². The van der Waals surface area contributed by atoms with Gasteiger partial charge in [-0.25, -0.2) is 0 Å². The number of hydrogen-bond acceptors (Lipinski definition) is 0. The molecule has 0 aliphatic rings. The van der Waals surface area contributed by atoms with Gasteiger partial charge in [0.05, 0.1) is 0 Å². The molecule has 0 amide bonds. The van der Waals surface area contributed by atoms with Crippen LogP contribution in [0.15, 0.2) is 0 Å². The molecule has 0 aliphatic heterocycles. The van der Waals surface area contributed by atoms with Crippen molar-refractivity contribution in [1.29, 1.82) is 0 Å². The van der Waals surface area contributed by atoms with E-state index in [1.807, 2.05) is 22.6 Å². The van der Waals surface area contributed by atoms with Gasteiger partial charge in [-0.1, -0.05) is 36.2 Å². The predicted molar refractivity (Wildman–Crippen MR) is 63.8 cm³/mol. The van der Waals surface area contributed by atoms with E-state index in [1.54, 1.807) is 0 Å². The molecule has 0 aromatic heterocycles. The van der Waals surface area contributed by atoms with Gasteiger partial charge in [0.15, 0.2) is 0 Å². The summed E-state index contributed by atoms with van der Waals surface area (Å²) in [5, 5.41) is 1.37. The van der Waals surface area contributed by atoms with Crippen molar-refractivity contribution < 1.29 is 17.0 Å². The Balaban J connectivity index is 0. The van der Waals surface area contributed by atoms with Gasteiger partial charge >= 0.3 is 23.1 Å². The SMILES string of the molecule is Clc1[c-]c(Cl)c(Cl)c(I)c1Cl.[Br-].[Mg+2]. The Morgan fingerprint density at radius 1 is 0.923 bits per heavy atom. The third-order valence-electron chi connectivity index (χ3n) is 0.990. The van der Waals surface area contributed by atoms with E-state index in [1.165, 1.54) is 0 Å². The van der Waals surface area contributed by atoms with Crippen LogP contribution in [0.5, 0.6) is 0 Å². The van der Waals surface area contributed by atoms with Gasteiger partial charge in [0.2, 0.25) is 0 Å². The zero-order valence-corrected chi connectivity index (χ0v) is 14.2. The minimum atomic E-state index is 0. The monoisotopic (exact) mass is 442 g/mol. The Labute approximate surface area is 137 Å². The van der Waals surface area contributed by atoms with E-state index >= 15 is 0 Å². The van der Waals surface area contributed by atoms with Crippen molar-refractivity contribution >= 4 is 92.0 Å². The molecular weight excluding hydrogens is 445 g/mol. The molecule has 0 heterocycles. The van der Waals surface area contributed by atoms with Crippen LogP contribution in [-0.2, 0) is 0 Å². The standard InChI is InChI=1S/C6Cl4I.BrH.Mg/c7-2-1-3(8)5(10)6(11)4(2)9;;/h;1H;/q-1;;+2/p-1. The molecular formula is C6BrCl4IMg. The summed E-state index contributed by atoms with van der Waals surface area (Å²) >= 11 is 24.8. The molecule has 0 radical (unpaired) electrons. The molecule has 0 fully saturated rings. The fraction of sp³-hybridized carbons (Fsp3) is 0. The fourth-order valence-electron chi connectivity index (χ4n) is 0.495. The summed E-state index contributed by atoms with van der Waals surface area (Å²) in [6.45, 7) is 0. The molecule has 13 heavy (non-hydrogen) atoms. The van der Waals surface area contributed by atoms with E-state index in [0.29, 0.717) is 23.7 Å². The maximum Gasteiger partial charge on any atom is 2.00 e. The number of rotatable bonds is 0. The van der Waals surface area contributed by atoms with Crippen molar-refractivity contribution in [2.45, 2.75) is 0 Å². The summed E-state index contributed by atoms with van der Waals surface area (Å²) in [6.07, 6.45) is 0. The Morgan fingerprint density at radius 3 is 1.54 bits per heavy atom. The van der Waals surface area contributed by atoms with E-state index in [2.05, 4.69) is 6.07 Å². The summed E-state index contributed by atoms with van der Waals surface area (Å²) in [5.41, 5.74) is 0. The average molecular weight is 445 g/mol. The molecule has 0 atom stereocenters. The summed E-state index contributed by atoms with van der Waals surface area (Å²) in [4.78, 5) is 0. The molecule has 0 bridgehead atoms. The van der Waals surface area contributed by atoms with Crippen molar-refractivity contribution in [3.8, 4) is 0 Å². The molecule has 0 saturated carbocycles. The van der Waals surface area contributed by atoms with E-state index < -0.39 is 0 Å². The van der Waals surface area contributed by atoms with Crippen molar-refractivity contribution in [1.82, 2.24) is 0 Å². The minimum absolute atomic E-state index is 0. The van der Waals surface area contributed by atoms with Crippen LogP contribution >= 0.6 is 69.0 Å². The molecule has 1 aromatic carbocycles. The Kier molecular flexibility index (Phi) is 10.4. The van der Waals surface area contributed by atoms with Crippen LogP contribution in [0.1, 0.15) is 0 Å². The molecule has 1 aromatic rings. The van der Waals surface area contributed by atoms with Gasteiger partial charge in [-0.2, -0.15) is 23.2 Å². The first-order chi connectivity index (χ1) is 5.04. The predicted octanol–water partition coefficient (Wildman–Crippen LogP) is 1.33. The Morgan fingerprint density at radius 2 is 1.23 bits per heavy atom. The number of hydrogen-bond donors (Lipinski definition) is 0. The van der Waals surface area contributed by atoms with Gasteiger partial charge in [0.1, 0.15) is 0 Å². The van der Waals surface area contributed by atoms with Crippen molar-refractivity contribution in [2.75, 3.05) is 0 Å². The summed E-state index contributed by atoms with van der Waals surface area (Å²) < 4.78 is 0.652. The number of halogens is 6. The van der Waals surface area contributed by atoms with Crippen LogP contribution in [-0.4, -0.2) is 23.1 Å². The van der Waals surface area contributed by atoms with Gasteiger partial charge in [0, 0.05) is 0 Å². The first-order valence-electron chi connectivity index (χ1n) is 2.44. The molecule has 0 aliphatic carbocycles. The second-order valence-corrected chi connectivity index (χ2v) is 4.29. The third kappa shape index (κ3) is 4.39. The van der Waals surface area contributed by atoms with Gasteiger partial charge in [0.25, 0.3) is 0 Å². The van der Waals surface area contributed by atoms with Gasteiger partial charge in [-0.3, -0.25) is 0 Å². The van der Waals surface area contributed by atoms with Crippen LogP contribution in [0.2, 0.25) is 20.1 Å². The second kappa shape index (κ2) is 7.60. The first-order valence-corrected chi connectivity index (χ1v) is 5.04. The molecule has 0 spiro atoms. The van der Waals surface area contributed by atoms with Crippen molar-refractivity contribution in [3.63, 3.8) is 0 Å². The largest absolute Gasteiger partial charge is 2.00 e. The fourth-order valence-corrected chi connectivity index (χ4v) is 2.11. The normalized spacial score (nSPS) is 8.69. The third-order valence-corrected chi connectivity index (χ3v) is 4.22. The van der Waals surface area contributed by atoms with E-state index in [0.717, 1.165) is 0 Å². The quantitative estimate of drug-likeness (QED) is 0.186. The zero-order chi connectivity index (χ0) is 8.59. The van der Waals surface area contributed by atoms with E-state index in [9.17, 15) is 0 Å². The topological polar surface area (TPSA) is 0 Å². The molecule has 0 unspecified atom stereocenters. The average Bonchev–Trinajstić information content (AvgIpc) is 1.97. The Bertz CT molecular complexity index is 281. The van der Waals surface area contributed by atoms with Crippen LogP contribution in [0.25, 0.3) is 0 Å². The smallest absolute Gasteiger partial charge is 1.00 e. The number of benzene rings is 1. The summed E-state index contributed by atoms with van der Waals surface area (Å²) in [7, 11) is 0. The van der Waals surface area contributed by atoms with Gasteiger partial charge in [-0.15, -0.1) is 29.3 Å². The minimum Gasteiger partial charge on any atom is -1.00 e. The molecule has 0 N–H and O–H groups in total. The van der Waals surface area contributed by atoms with Crippen LogP contribution in [0.3, 0.4) is 0 Å². The zero-order valence-electron chi connectivity index (χ0n) is 5.97. The maximum absolute atomic E-state index is 5.74. The Hall–Kier alpha value is 2.36. The van der Waals surface area contributed by atoms with Crippen LogP contribution in [0, 0.1) is 9.64 Å². The molecule has 0 nitrogen and oxygen atoms in total. The molecule has 7 heteroatoms. The van der Waals surface area contributed by atoms with Crippen LogP contribution in [0.4, 0.5) is 0 Å². The van der Waals surface area contributed by atoms with E-state index in [4.69, 9.17) is 46.4 Å². The van der Waals surface area contributed by atoms with E-state index in [-0.39, 0.29) is 40.0 Å². The van der Waals surface area contributed by atoms with Crippen LogP contribution < -0.4 is 17.0 Å². The second-order valence-electron chi connectivity index (χ2n) is 1.69. The molecule has 68 valence electrons. The summed E-state index contributed by atoms with van der Waals surface area (Å²) in [5.74, 6) is 0. The summed E-state index contributed by atoms with van der Waals surface area (Å²) in [6, 6.07) is 2.61. The molecule has 1 rings (SSSR count). The van der Waals surface area contributed by atoms with Crippen molar-refractivity contribution in [3.05, 3.63) is 29.7 Å². The van der Waals surface area contributed by atoms with Gasteiger partial charge < -0.3 is 17.0 Å². The molecule has 0 saturated heterocycles. The first kappa shape index (κ1) is 17.7. The van der Waals surface area contributed by atoms with Crippen molar-refractivity contribution in [2.24, 2.45) is 0 Å².